The molecule has 7 nitrogen and oxygen atoms in total. The lowest BCUT2D eigenvalue weighted by Gasteiger charge is -2.26. The Morgan fingerprint density at radius 3 is 2.64 bits per heavy atom. The summed E-state index contributed by atoms with van der Waals surface area (Å²) < 4.78 is 34.6. The van der Waals surface area contributed by atoms with Crippen LogP contribution in [0.2, 0.25) is 0 Å². The highest BCUT2D eigenvalue weighted by molar-refractivity contribution is 5.78. The molecule has 5 atom stereocenters. The topological polar surface area (TPSA) is 92.4 Å². The van der Waals surface area contributed by atoms with E-state index in [9.17, 15) is 19.0 Å². The average Bonchev–Trinajstić information content (AvgIpc) is 3.23. The maximum Gasteiger partial charge on any atom is 0.164 e. The zero-order valence-corrected chi connectivity index (χ0v) is 15.3. The van der Waals surface area contributed by atoms with Crippen molar-refractivity contribution in [1.82, 2.24) is 19.9 Å². The van der Waals surface area contributed by atoms with E-state index in [-0.39, 0.29) is 0 Å². The monoisotopic (exact) mass is 390 g/mol. The molecule has 0 amide bonds. The van der Waals surface area contributed by atoms with Crippen molar-refractivity contribution in [3.05, 3.63) is 59.7 Å². The first-order valence-corrected chi connectivity index (χ1v) is 8.84. The number of likely N-dealkylation sites (N-methyl/N-ethyl adjacent to an activating group) is 1. The number of nitrogens with zero attached hydrogens (tertiary/aromatic N) is 3. The summed E-state index contributed by atoms with van der Waals surface area (Å²) in [5.74, 6) is -1.95. The molecule has 0 spiro atoms. The van der Waals surface area contributed by atoms with E-state index >= 15 is 0 Å². The van der Waals surface area contributed by atoms with Crippen LogP contribution in [0.5, 0.6) is 0 Å². The zero-order chi connectivity index (χ0) is 20.0. The number of halogens is 2. The first-order valence-electron chi connectivity index (χ1n) is 8.84. The van der Waals surface area contributed by atoms with Gasteiger partial charge in [0.1, 0.15) is 30.3 Å². The van der Waals surface area contributed by atoms with Gasteiger partial charge in [0.25, 0.3) is 0 Å². The second kappa shape index (κ2) is 7.17. The molecule has 1 aromatic carbocycles. The van der Waals surface area contributed by atoms with Gasteiger partial charge in [0.2, 0.25) is 0 Å². The van der Waals surface area contributed by atoms with Crippen molar-refractivity contribution in [2.75, 3.05) is 7.05 Å². The van der Waals surface area contributed by atoms with Crippen LogP contribution in [0.25, 0.3) is 11.0 Å². The van der Waals surface area contributed by atoms with Crippen LogP contribution in [0.3, 0.4) is 0 Å². The standard InChI is InChI=1S/C19H20F2N4O3/c1-9-11-5-6-25(18(11)24-8-23-9)19-16(27)15(26)17(28-19)14(22-2)10-3-4-12(20)13(21)7-10/h3-8,14-17,19,22,26-27H,1-2H3/t14-,15+,16-,17-,19-/m1/s1. The largest absolute Gasteiger partial charge is 0.387 e. The van der Waals surface area contributed by atoms with E-state index in [4.69, 9.17) is 4.74 Å². The summed E-state index contributed by atoms with van der Waals surface area (Å²) >= 11 is 0. The highest BCUT2D eigenvalue weighted by atomic mass is 19.2. The van der Waals surface area contributed by atoms with Crippen LogP contribution < -0.4 is 5.32 Å². The third kappa shape index (κ3) is 2.96. The fourth-order valence-electron chi connectivity index (χ4n) is 3.72. The SMILES string of the molecule is CN[C@H](c1ccc(F)c(F)c1)[C@H]1O[C@@H](n2ccc3c(C)ncnc32)[C@H](O)[C@@H]1O. The second-order valence-corrected chi connectivity index (χ2v) is 6.83. The number of nitrogens with one attached hydrogen (secondary N) is 1. The number of fused-ring (bicyclic) bond motifs is 1. The number of hydrogen-bond acceptors (Lipinski definition) is 6. The molecule has 9 heteroatoms. The van der Waals surface area contributed by atoms with Gasteiger partial charge in [-0.1, -0.05) is 6.07 Å². The van der Waals surface area contributed by atoms with Gasteiger partial charge in [0.05, 0.1) is 11.7 Å². The molecular weight excluding hydrogens is 370 g/mol. The molecule has 3 N–H and O–H groups in total. The van der Waals surface area contributed by atoms with Gasteiger partial charge in [-0.2, -0.15) is 0 Å². The summed E-state index contributed by atoms with van der Waals surface area (Å²) in [5, 5.41) is 25.0. The number of aryl methyl sites for hydroxylation is 1. The Labute approximate surface area is 159 Å². The van der Waals surface area contributed by atoms with Crippen molar-refractivity contribution >= 4 is 11.0 Å². The molecule has 28 heavy (non-hydrogen) atoms. The van der Waals surface area contributed by atoms with Crippen molar-refractivity contribution in [2.45, 2.75) is 37.5 Å². The van der Waals surface area contributed by atoms with E-state index in [1.165, 1.54) is 12.4 Å². The minimum atomic E-state index is -1.25. The van der Waals surface area contributed by atoms with Crippen LogP contribution >= 0.6 is 0 Å². The van der Waals surface area contributed by atoms with E-state index in [0.29, 0.717) is 11.2 Å². The van der Waals surface area contributed by atoms with Gasteiger partial charge in [-0.15, -0.1) is 0 Å². The third-order valence-corrected chi connectivity index (χ3v) is 5.20. The van der Waals surface area contributed by atoms with Crippen LogP contribution in [-0.2, 0) is 4.74 Å². The summed E-state index contributed by atoms with van der Waals surface area (Å²) in [6.07, 6.45) is -1.15. The highest BCUT2D eigenvalue weighted by Crippen LogP contribution is 2.37. The van der Waals surface area contributed by atoms with E-state index in [0.717, 1.165) is 23.2 Å². The maximum atomic E-state index is 13.7. The van der Waals surface area contributed by atoms with Gasteiger partial charge in [-0.25, -0.2) is 18.7 Å². The number of ether oxygens (including phenoxy) is 1. The maximum absolute atomic E-state index is 13.7. The number of hydrogen-bond donors (Lipinski definition) is 3. The lowest BCUT2D eigenvalue weighted by molar-refractivity contribution is -0.0458. The molecule has 2 aromatic heterocycles. The summed E-state index contributed by atoms with van der Waals surface area (Å²) in [5.41, 5.74) is 1.75. The minimum Gasteiger partial charge on any atom is -0.387 e. The van der Waals surface area contributed by atoms with Gasteiger partial charge < -0.3 is 24.8 Å². The molecule has 1 aliphatic heterocycles. The van der Waals surface area contributed by atoms with Crippen LogP contribution in [0.15, 0.2) is 36.8 Å². The van der Waals surface area contributed by atoms with Crippen molar-refractivity contribution in [1.29, 1.82) is 0 Å². The first-order chi connectivity index (χ1) is 13.4. The fraction of sp³-hybridized carbons (Fsp3) is 0.368. The number of benzene rings is 1. The predicted octanol–water partition coefficient (Wildman–Crippen LogP) is 1.60. The molecule has 1 aliphatic rings. The molecule has 0 unspecified atom stereocenters. The predicted molar refractivity (Wildman–Crippen MR) is 96.3 cm³/mol. The summed E-state index contributed by atoms with van der Waals surface area (Å²) in [4.78, 5) is 8.39. The van der Waals surface area contributed by atoms with Gasteiger partial charge in [0, 0.05) is 11.6 Å². The Hall–Kier alpha value is -2.46. The Morgan fingerprint density at radius 2 is 1.93 bits per heavy atom. The van der Waals surface area contributed by atoms with Gasteiger partial charge in [-0.3, -0.25) is 0 Å². The highest BCUT2D eigenvalue weighted by Gasteiger charge is 2.47. The van der Waals surface area contributed by atoms with Gasteiger partial charge >= 0.3 is 0 Å². The Kier molecular flexibility index (Phi) is 4.84. The van der Waals surface area contributed by atoms with E-state index in [1.807, 2.05) is 13.0 Å². The van der Waals surface area contributed by atoms with E-state index in [2.05, 4.69) is 15.3 Å². The van der Waals surface area contributed by atoms with Crippen LogP contribution in [0, 0.1) is 18.6 Å². The number of aliphatic hydroxyl groups is 2. The lowest BCUT2D eigenvalue weighted by atomic mass is 9.96. The number of aliphatic hydroxyl groups excluding tert-OH is 2. The second-order valence-electron chi connectivity index (χ2n) is 6.83. The Bertz CT molecular complexity index is 1010. The molecule has 0 bridgehead atoms. The molecule has 0 saturated carbocycles. The molecule has 4 rings (SSSR count). The van der Waals surface area contributed by atoms with E-state index in [1.54, 1.807) is 17.8 Å². The van der Waals surface area contributed by atoms with Crippen molar-refractivity contribution in [3.63, 3.8) is 0 Å². The molecule has 3 heterocycles. The summed E-state index contributed by atoms with van der Waals surface area (Å²) in [6, 6.07) is 4.63. The van der Waals surface area contributed by atoms with Gasteiger partial charge in [0.15, 0.2) is 17.9 Å². The molecule has 3 aromatic rings. The summed E-state index contributed by atoms with van der Waals surface area (Å²) in [7, 11) is 1.61. The number of aromatic nitrogens is 3. The molecule has 1 fully saturated rings. The molecule has 148 valence electrons. The minimum absolute atomic E-state index is 0.397. The van der Waals surface area contributed by atoms with Crippen LogP contribution in [-0.4, -0.2) is 50.1 Å². The smallest absolute Gasteiger partial charge is 0.164 e. The third-order valence-electron chi connectivity index (χ3n) is 5.20. The van der Waals surface area contributed by atoms with Crippen molar-refractivity contribution in [3.8, 4) is 0 Å². The average molecular weight is 390 g/mol. The quantitative estimate of drug-likeness (QED) is 0.627. The van der Waals surface area contributed by atoms with Gasteiger partial charge in [-0.05, 0) is 37.7 Å². The molecule has 1 saturated heterocycles. The normalized spacial score (nSPS) is 26.1. The lowest BCUT2D eigenvalue weighted by Crippen LogP contribution is -2.39. The summed E-state index contributed by atoms with van der Waals surface area (Å²) in [6.45, 7) is 1.85. The van der Waals surface area contributed by atoms with E-state index < -0.39 is 42.2 Å². The van der Waals surface area contributed by atoms with Crippen molar-refractivity contribution in [2.24, 2.45) is 0 Å². The molecule has 0 radical (unpaired) electrons. The number of rotatable bonds is 4. The molecule has 0 aliphatic carbocycles. The fourth-order valence-corrected chi connectivity index (χ4v) is 3.72. The van der Waals surface area contributed by atoms with Crippen molar-refractivity contribution < 1.29 is 23.7 Å². The zero-order valence-electron chi connectivity index (χ0n) is 15.3. The molecular formula is C19H20F2N4O3. The van der Waals surface area contributed by atoms with Crippen LogP contribution in [0.1, 0.15) is 23.5 Å². The Morgan fingerprint density at radius 1 is 1.14 bits per heavy atom. The Balaban J connectivity index is 1.68. The first kappa shape index (κ1) is 18.9. The van der Waals surface area contributed by atoms with Crippen LogP contribution in [0.4, 0.5) is 8.78 Å².